The molecule has 88 valence electrons. The third-order valence-electron chi connectivity index (χ3n) is 3.66. The molecule has 2 saturated heterocycles. The number of unbranched alkanes of at least 4 members (excludes halogenated alkanes) is 1. The summed E-state index contributed by atoms with van der Waals surface area (Å²) in [4.78, 5) is 0. The van der Waals surface area contributed by atoms with E-state index < -0.39 is 0 Å². The van der Waals surface area contributed by atoms with Crippen LogP contribution in [0.5, 0.6) is 0 Å². The Morgan fingerprint density at radius 2 is 2.07 bits per heavy atom. The highest BCUT2D eigenvalue weighted by Gasteiger charge is 2.39. The van der Waals surface area contributed by atoms with Crippen molar-refractivity contribution in [2.75, 3.05) is 6.61 Å². The molecule has 2 heteroatoms. The lowest BCUT2D eigenvalue weighted by molar-refractivity contribution is -0.295. The van der Waals surface area contributed by atoms with Gasteiger partial charge in [-0.25, -0.2) is 0 Å². The van der Waals surface area contributed by atoms with Crippen molar-refractivity contribution >= 4 is 0 Å². The quantitative estimate of drug-likeness (QED) is 0.711. The average molecular weight is 212 g/mol. The SMILES string of the molecule is CCCC[C@@H]1CCC[C@]2(CCCCO2)O1. The van der Waals surface area contributed by atoms with Gasteiger partial charge in [0.2, 0.25) is 0 Å². The minimum absolute atomic E-state index is 0.172. The van der Waals surface area contributed by atoms with Gasteiger partial charge < -0.3 is 9.47 Å². The highest BCUT2D eigenvalue weighted by atomic mass is 16.7. The zero-order valence-electron chi connectivity index (χ0n) is 9.96. The number of ether oxygens (including phenoxy) is 2. The topological polar surface area (TPSA) is 18.5 Å². The zero-order chi connectivity index (χ0) is 10.6. The van der Waals surface area contributed by atoms with Gasteiger partial charge in [-0.1, -0.05) is 19.8 Å². The molecule has 0 bridgehead atoms. The molecular formula is C13H24O2. The van der Waals surface area contributed by atoms with Crippen molar-refractivity contribution in [2.45, 2.75) is 76.6 Å². The highest BCUT2D eigenvalue weighted by molar-refractivity contribution is 4.80. The Labute approximate surface area is 93.3 Å². The second kappa shape index (κ2) is 5.31. The molecule has 0 radical (unpaired) electrons. The van der Waals surface area contributed by atoms with Gasteiger partial charge in [0, 0.05) is 12.8 Å². The van der Waals surface area contributed by atoms with Crippen LogP contribution in [0.1, 0.15) is 64.7 Å². The van der Waals surface area contributed by atoms with E-state index in [0.29, 0.717) is 6.10 Å². The predicted octanol–water partition coefficient (Wildman–Crippen LogP) is 3.64. The summed E-state index contributed by atoms with van der Waals surface area (Å²) in [7, 11) is 0. The maximum absolute atomic E-state index is 6.19. The molecule has 0 aromatic rings. The Morgan fingerprint density at radius 3 is 2.80 bits per heavy atom. The summed E-state index contributed by atoms with van der Waals surface area (Å²) in [6, 6.07) is 0. The van der Waals surface area contributed by atoms with Gasteiger partial charge in [-0.15, -0.1) is 0 Å². The monoisotopic (exact) mass is 212 g/mol. The number of hydrogen-bond acceptors (Lipinski definition) is 2. The zero-order valence-corrected chi connectivity index (χ0v) is 9.96. The van der Waals surface area contributed by atoms with Crippen molar-refractivity contribution in [2.24, 2.45) is 0 Å². The van der Waals surface area contributed by atoms with Crippen LogP contribution >= 0.6 is 0 Å². The van der Waals surface area contributed by atoms with E-state index in [9.17, 15) is 0 Å². The summed E-state index contributed by atoms with van der Waals surface area (Å²) >= 11 is 0. The lowest BCUT2D eigenvalue weighted by atomic mass is 9.93. The van der Waals surface area contributed by atoms with E-state index in [1.807, 2.05) is 0 Å². The van der Waals surface area contributed by atoms with Crippen LogP contribution in [0.3, 0.4) is 0 Å². The van der Waals surface area contributed by atoms with Crippen LogP contribution in [0.25, 0.3) is 0 Å². The molecule has 2 aliphatic rings. The molecule has 0 aliphatic carbocycles. The molecule has 0 aromatic heterocycles. The molecule has 2 aliphatic heterocycles. The third-order valence-corrected chi connectivity index (χ3v) is 3.66. The van der Waals surface area contributed by atoms with Crippen molar-refractivity contribution in [3.63, 3.8) is 0 Å². The summed E-state index contributed by atoms with van der Waals surface area (Å²) in [5.74, 6) is -0.172. The standard InChI is InChI=1S/C13H24O2/c1-2-3-7-12-8-6-10-13(15-12)9-4-5-11-14-13/h12H,2-11H2,1H3/t12-,13+/m1/s1. The van der Waals surface area contributed by atoms with Crippen LogP contribution in [-0.2, 0) is 9.47 Å². The minimum Gasteiger partial charge on any atom is -0.350 e. The predicted molar refractivity (Wildman–Crippen MR) is 60.8 cm³/mol. The van der Waals surface area contributed by atoms with Gasteiger partial charge in [-0.3, -0.25) is 0 Å². The molecule has 2 heterocycles. The van der Waals surface area contributed by atoms with Gasteiger partial charge >= 0.3 is 0 Å². The van der Waals surface area contributed by atoms with Gasteiger partial charge in [0.15, 0.2) is 5.79 Å². The fraction of sp³-hybridized carbons (Fsp3) is 1.00. The Hall–Kier alpha value is -0.0800. The van der Waals surface area contributed by atoms with Gasteiger partial charge in [0.05, 0.1) is 12.7 Å². The van der Waals surface area contributed by atoms with E-state index in [2.05, 4.69) is 6.92 Å². The third kappa shape index (κ3) is 2.94. The Morgan fingerprint density at radius 1 is 1.20 bits per heavy atom. The number of hydrogen-bond donors (Lipinski definition) is 0. The van der Waals surface area contributed by atoms with Crippen LogP contribution in [0.4, 0.5) is 0 Å². The summed E-state index contributed by atoms with van der Waals surface area (Å²) in [6.45, 7) is 3.15. The molecule has 0 saturated carbocycles. The van der Waals surface area contributed by atoms with E-state index in [0.717, 1.165) is 19.4 Å². The minimum atomic E-state index is -0.172. The van der Waals surface area contributed by atoms with Crippen molar-refractivity contribution in [3.8, 4) is 0 Å². The molecule has 0 amide bonds. The second-order valence-corrected chi connectivity index (χ2v) is 4.99. The van der Waals surface area contributed by atoms with E-state index in [1.165, 1.54) is 44.9 Å². The smallest absolute Gasteiger partial charge is 0.168 e. The van der Waals surface area contributed by atoms with Crippen LogP contribution in [0, 0.1) is 0 Å². The second-order valence-electron chi connectivity index (χ2n) is 4.99. The lowest BCUT2D eigenvalue weighted by Gasteiger charge is -2.43. The van der Waals surface area contributed by atoms with Crippen molar-refractivity contribution in [1.82, 2.24) is 0 Å². The Kier molecular flexibility index (Phi) is 4.04. The van der Waals surface area contributed by atoms with Crippen molar-refractivity contribution in [1.29, 1.82) is 0 Å². The van der Waals surface area contributed by atoms with Gasteiger partial charge in [0.25, 0.3) is 0 Å². The van der Waals surface area contributed by atoms with Crippen LogP contribution < -0.4 is 0 Å². The Balaban J connectivity index is 1.85. The first kappa shape index (κ1) is 11.4. The summed E-state index contributed by atoms with van der Waals surface area (Å²) in [6.07, 6.45) is 11.5. The van der Waals surface area contributed by atoms with E-state index in [-0.39, 0.29) is 5.79 Å². The van der Waals surface area contributed by atoms with Crippen LogP contribution in [0.15, 0.2) is 0 Å². The fourth-order valence-corrected chi connectivity index (χ4v) is 2.77. The van der Waals surface area contributed by atoms with E-state index >= 15 is 0 Å². The summed E-state index contributed by atoms with van der Waals surface area (Å²) in [5, 5.41) is 0. The lowest BCUT2D eigenvalue weighted by Crippen LogP contribution is -2.45. The van der Waals surface area contributed by atoms with E-state index in [4.69, 9.17) is 9.47 Å². The van der Waals surface area contributed by atoms with Gasteiger partial charge in [0.1, 0.15) is 0 Å². The molecular weight excluding hydrogens is 188 g/mol. The molecule has 15 heavy (non-hydrogen) atoms. The first-order valence-electron chi connectivity index (χ1n) is 6.66. The molecule has 2 atom stereocenters. The van der Waals surface area contributed by atoms with Crippen molar-refractivity contribution in [3.05, 3.63) is 0 Å². The maximum atomic E-state index is 6.19. The molecule has 2 fully saturated rings. The first-order chi connectivity index (χ1) is 7.35. The summed E-state index contributed by atoms with van der Waals surface area (Å²) in [5.41, 5.74) is 0. The van der Waals surface area contributed by atoms with E-state index in [1.54, 1.807) is 0 Å². The molecule has 0 N–H and O–H groups in total. The Bertz CT molecular complexity index is 179. The largest absolute Gasteiger partial charge is 0.350 e. The average Bonchev–Trinajstić information content (AvgIpc) is 2.28. The van der Waals surface area contributed by atoms with Crippen LogP contribution in [0.2, 0.25) is 0 Å². The first-order valence-corrected chi connectivity index (χ1v) is 6.66. The fourth-order valence-electron chi connectivity index (χ4n) is 2.77. The molecule has 1 spiro atoms. The van der Waals surface area contributed by atoms with Crippen LogP contribution in [-0.4, -0.2) is 18.5 Å². The molecule has 0 unspecified atom stereocenters. The summed E-state index contributed by atoms with van der Waals surface area (Å²) < 4.78 is 12.1. The molecule has 0 aromatic carbocycles. The molecule has 2 nitrogen and oxygen atoms in total. The van der Waals surface area contributed by atoms with Gasteiger partial charge in [-0.2, -0.15) is 0 Å². The highest BCUT2D eigenvalue weighted by Crippen LogP contribution is 2.37. The molecule has 2 rings (SSSR count). The normalized spacial score (nSPS) is 37.0. The van der Waals surface area contributed by atoms with Gasteiger partial charge in [-0.05, 0) is 32.1 Å². The number of rotatable bonds is 3. The van der Waals surface area contributed by atoms with Crippen molar-refractivity contribution < 1.29 is 9.47 Å². The maximum Gasteiger partial charge on any atom is 0.168 e.